The number of amides is 2. The molecule has 2 amide bonds. The Morgan fingerprint density at radius 1 is 1.10 bits per heavy atom. The molecule has 1 aliphatic heterocycles. The molecule has 0 spiro atoms. The van der Waals surface area contributed by atoms with Crippen LogP contribution in [0.4, 0.5) is 0 Å². The first-order valence-electron chi connectivity index (χ1n) is 7.89. The van der Waals surface area contributed by atoms with Gasteiger partial charge in [0.15, 0.2) is 0 Å². The molecule has 5 nitrogen and oxygen atoms in total. The van der Waals surface area contributed by atoms with E-state index < -0.39 is 0 Å². The van der Waals surface area contributed by atoms with Crippen molar-refractivity contribution in [1.29, 1.82) is 0 Å². The van der Waals surface area contributed by atoms with Crippen molar-refractivity contribution in [3.05, 3.63) is 0 Å². The Labute approximate surface area is 120 Å². The van der Waals surface area contributed by atoms with Gasteiger partial charge in [0.2, 0.25) is 11.8 Å². The average Bonchev–Trinajstić information content (AvgIpc) is 3.07. The lowest BCUT2D eigenvalue weighted by Gasteiger charge is -2.32. The van der Waals surface area contributed by atoms with Crippen LogP contribution >= 0.6 is 0 Å². The third kappa shape index (κ3) is 3.14. The molecule has 2 saturated carbocycles. The number of carbonyl (C=O) groups is 2. The maximum absolute atomic E-state index is 12.2. The summed E-state index contributed by atoms with van der Waals surface area (Å²) in [5.74, 6) is 2.35. The van der Waals surface area contributed by atoms with Crippen LogP contribution in [0, 0.1) is 17.8 Å². The Hall–Kier alpha value is -1.10. The molecule has 2 atom stereocenters. The highest BCUT2D eigenvalue weighted by molar-refractivity contribution is 5.79. The van der Waals surface area contributed by atoms with Gasteiger partial charge < -0.3 is 10.6 Å². The second-order valence-electron chi connectivity index (χ2n) is 6.66. The van der Waals surface area contributed by atoms with Crippen LogP contribution < -0.4 is 10.6 Å². The fraction of sp³-hybridized carbons (Fsp3) is 0.867. The molecule has 112 valence electrons. The Morgan fingerprint density at radius 3 is 2.35 bits per heavy atom. The highest BCUT2D eigenvalue weighted by Crippen LogP contribution is 2.54. The summed E-state index contributed by atoms with van der Waals surface area (Å²) in [7, 11) is 1.67. The topological polar surface area (TPSA) is 61.4 Å². The zero-order valence-corrected chi connectivity index (χ0v) is 12.2. The summed E-state index contributed by atoms with van der Waals surface area (Å²) >= 11 is 0. The lowest BCUT2D eigenvalue weighted by molar-refractivity contribution is -0.126. The second-order valence-corrected chi connectivity index (χ2v) is 6.66. The molecule has 2 aliphatic carbocycles. The first-order valence-corrected chi connectivity index (χ1v) is 7.89. The van der Waals surface area contributed by atoms with E-state index in [4.69, 9.17) is 0 Å². The predicted molar refractivity (Wildman–Crippen MR) is 76.0 cm³/mol. The number of fused-ring (bicyclic) bond motifs is 1. The summed E-state index contributed by atoms with van der Waals surface area (Å²) in [6.07, 6.45) is 5.52. The first-order chi connectivity index (χ1) is 9.65. The van der Waals surface area contributed by atoms with Gasteiger partial charge in [0.05, 0.1) is 6.54 Å². The van der Waals surface area contributed by atoms with Gasteiger partial charge in [-0.15, -0.1) is 0 Å². The van der Waals surface area contributed by atoms with Gasteiger partial charge in [-0.2, -0.15) is 0 Å². The maximum Gasteiger partial charge on any atom is 0.233 e. The summed E-state index contributed by atoms with van der Waals surface area (Å²) in [6.45, 7) is 2.27. The smallest absolute Gasteiger partial charge is 0.233 e. The molecule has 0 aromatic carbocycles. The number of piperidine rings is 1. The predicted octanol–water partition coefficient (Wildman–Crippen LogP) is 0.359. The molecule has 0 radical (unpaired) electrons. The highest BCUT2D eigenvalue weighted by atomic mass is 16.2. The van der Waals surface area contributed by atoms with E-state index in [-0.39, 0.29) is 17.7 Å². The zero-order chi connectivity index (χ0) is 14.1. The first kappa shape index (κ1) is 13.9. The molecule has 1 saturated heterocycles. The monoisotopic (exact) mass is 279 g/mol. The Balaban J connectivity index is 1.37. The molecule has 5 heteroatoms. The van der Waals surface area contributed by atoms with Crippen LogP contribution in [0.5, 0.6) is 0 Å². The molecule has 0 bridgehead atoms. The number of carbonyl (C=O) groups excluding carboxylic acids is 2. The van der Waals surface area contributed by atoms with Crippen LogP contribution in [0.1, 0.15) is 32.1 Å². The van der Waals surface area contributed by atoms with Gasteiger partial charge >= 0.3 is 0 Å². The van der Waals surface area contributed by atoms with E-state index >= 15 is 0 Å². The number of likely N-dealkylation sites (tertiary alicyclic amines) is 1. The largest absolute Gasteiger partial charge is 0.358 e. The minimum absolute atomic E-state index is 0.0673. The lowest BCUT2D eigenvalue weighted by Crippen LogP contribution is -2.48. The van der Waals surface area contributed by atoms with E-state index in [0.29, 0.717) is 12.6 Å². The number of hydrogen-bond acceptors (Lipinski definition) is 3. The summed E-state index contributed by atoms with van der Waals surface area (Å²) in [4.78, 5) is 25.7. The van der Waals surface area contributed by atoms with Gasteiger partial charge in [-0.1, -0.05) is 0 Å². The number of hydrogen-bond donors (Lipinski definition) is 2. The minimum Gasteiger partial charge on any atom is -0.358 e. The molecule has 2 N–H and O–H groups in total. The van der Waals surface area contributed by atoms with Gasteiger partial charge in [-0.05, 0) is 43.9 Å². The number of rotatable bonds is 4. The third-order valence-corrected chi connectivity index (χ3v) is 5.19. The van der Waals surface area contributed by atoms with E-state index in [1.54, 1.807) is 7.05 Å². The molecule has 0 aromatic heterocycles. The summed E-state index contributed by atoms with van der Waals surface area (Å²) in [5.41, 5.74) is 0. The summed E-state index contributed by atoms with van der Waals surface area (Å²) in [6, 6.07) is 0.306. The van der Waals surface area contributed by atoms with Crippen LogP contribution in [0.3, 0.4) is 0 Å². The molecular weight excluding hydrogens is 254 g/mol. The van der Waals surface area contributed by atoms with Gasteiger partial charge in [-0.25, -0.2) is 0 Å². The fourth-order valence-electron chi connectivity index (χ4n) is 3.77. The van der Waals surface area contributed by atoms with E-state index in [1.807, 2.05) is 0 Å². The van der Waals surface area contributed by atoms with Gasteiger partial charge in [0.1, 0.15) is 0 Å². The summed E-state index contributed by atoms with van der Waals surface area (Å²) < 4.78 is 0. The number of nitrogens with zero attached hydrogens (tertiary/aromatic N) is 1. The van der Waals surface area contributed by atoms with E-state index in [0.717, 1.165) is 50.6 Å². The zero-order valence-electron chi connectivity index (χ0n) is 12.2. The maximum atomic E-state index is 12.2. The van der Waals surface area contributed by atoms with Crippen molar-refractivity contribution in [2.75, 3.05) is 26.7 Å². The Kier molecular flexibility index (Phi) is 3.96. The van der Waals surface area contributed by atoms with Crippen molar-refractivity contribution in [1.82, 2.24) is 15.5 Å². The van der Waals surface area contributed by atoms with Crippen LogP contribution in [0.15, 0.2) is 0 Å². The number of likely N-dealkylation sites (N-methyl/N-ethyl adjacent to an activating group) is 1. The quantitative estimate of drug-likeness (QED) is 0.781. The van der Waals surface area contributed by atoms with Crippen molar-refractivity contribution in [3.63, 3.8) is 0 Å². The average molecular weight is 279 g/mol. The molecule has 0 aromatic rings. The fourth-order valence-corrected chi connectivity index (χ4v) is 3.77. The van der Waals surface area contributed by atoms with Crippen molar-refractivity contribution in [2.45, 2.75) is 38.1 Å². The van der Waals surface area contributed by atoms with Crippen LogP contribution in [0.2, 0.25) is 0 Å². The normalized spacial score (nSPS) is 33.5. The van der Waals surface area contributed by atoms with Crippen LogP contribution in [0.25, 0.3) is 0 Å². The van der Waals surface area contributed by atoms with Gasteiger partial charge in [0, 0.05) is 32.1 Å². The standard InChI is InChI=1S/C15H25N3O2/c1-16-14(19)9-18-4-2-13(3-5-18)17-15(20)12-7-10-6-11(10)8-12/h10-13H,2-9H2,1H3,(H,16,19)(H,17,20). The molecule has 3 rings (SSSR count). The number of nitrogens with one attached hydrogen (secondary N) is 2. The third-order valence-electron chi connectivity index (χ3n) is 5.19. The van der Waals surface area contributed by atoms with Crippen molar-refractivity contribution in [3.8, 4) is 0 Å². The van der Waals surface area contributed by atoms with Crippen molar-refractivity contribution >= 4 is 11.8 Å². The summed E-state index contributed by atoms with van der Waals surface area (Å²) in [5, 5.41) is 5.87. The lowest BCUT2D eigenvalue weighted by atomic mass is 10.00. The molecule has 1 heterocycles. The Bertz CT molecular complexity index is 381. The SMILES string of the molecule is CNC(=O)CN1CCC(NC(=O)C2CC3CC3C2)CC1. The van der Waals surface area contributed by atoms with E-state index in [2.05, 4.69) is 15.5 Å². The van der Waals surface area contributed by atoms with Gasteiger partial charge in [0.25, 0.3) is 0 Å². The molecule has 3 aliphatic rings. The van der Waals surface area contributed by atoms with Crippen molar-refractivity contribution in [2.24, 2.45) is 17.8 Å². The van der Waals surface area contributed by atoms with Crippen molar-refractivity contribution < 1.29 is 9.59 Å². The molecule has 2 unspecified atom stereocenters. The minimum atomic E-state index is 0.0673. The van der Waals surface area contributed by atoms with E-state index in [9.17, 15) is 9.59 Å². The van der Waals surface area contributed by atoms with Crippen LogP contribution in [-0.4, -0.2) is 49.4 Å². The molecule has 20 heavy (non-hydrogen) atoms. The highest BCUT2D eigenvalue weighted by Gasteiger charge is 2.48. The molecular formula is C15H25N3O2. The Morgan fingerprint density at radius 2 is 1.75 bits per heavy atom. The van der Waals surface area contributed by atoms with Crippen LogP contribution in [-0.2, 0) is 9.59 Å². The van der Waals surface area contributed by atoms with Gasteiger partial charge in [-0.3, -0.25) is 14.5 Å². The van der Waals surface area contributed by atoms with E-state index in [1.165, 1.54) is 6.42 Å². The molecule has 3 fully saturated rings. The second kappa shape index (κ2) is 5.72.